The van der Waals surface area contributed by atoms with Gasteiger partial charge in [0.1, 0.15) is 11.6 Å². The number of rotatable bonds is 4. The fourth-order valence-electron chi connectivity index (χ4n) is 2.45. The van der Waals surface area contributed by atoms with Crippen molar-refractivity contribution in [1.82, 2.24) is 0 Å². The van der Waals surface area contributed by atoms with Crippen LogP contribution in [0.4, 0.5) is 8.78 Å². The Morgan fingerprint density at radius 1 is 0.950 bits per heavy atom. The molecule has 0 saturated carbocycles. The van der Waals surface area contributed by atoms with E-state index in [0.29, 0.717) is 0 Å². The van der Waals surface area contributed by atoms with Crippen LogP contribution < -0.4 is 0 Å². The van der Waals surface area contributed by atoms with Crippen LogP contribution in [-0.4, -0.2) is 0 Å². The zero-order valence-corrected chi connectivity index (χ0v) is 12.2. The molecule has 0 saturated heterocycles. The van der Waals surface area contributed by atoms with Gasteiger partial charge >= 0.3 is 0 Å². The largest absolute Gasteiger partial charge is 0.207 e. The first-order chi connectivity index (χ1) is 9.47. The van der Waals surface area contributed by atoms with Gasteiger partial charge in [-0.05, 0) is 53.1 Å². The molecule has 2 aromatic rings. The molecular formula is C18H20F2. The summed E-state index contributed by atoms with van der Waals surface area (Å²) in [7, 11) is 0. The lowest BCUT2D eigenvalue weighted by Gasteiger charge is -2.14. The maximum atomic E-state index is 13.7. The fourth-order valence-corrected chi connectivity index (χ4v) is 2.45. The zero-order valence-electron chi connectivity index (χ0n) is 12.2. The average molecular weight is 274 g/mol. The molecule has 2 heteroatoms. The summed E-state index contributed by atoms with van der Waals surface area (Å²) in [5, 5.41) is 0. The molecular weight excluding hydrogens is 254 g/mol. The summed E-state index contributed by atoms with van der Waals surface area (Å²) in [5.74, 6) is 0.00841. The summed E-state index contributed by atoms with van der Waals surface area (Å²) in [5.41, 5.74) is 2.81. The Kier molecular flexibility index (Phi) is 4.53. The van der Waals surface area contributed by atoms with Crippen molar-refractivity contribution in [3.63, 3.8) is 0 Å². The minimum Gasteiger partial charge on any atom is -0.207 e. The van der Waals surface area contributed by atoms with Crippen LogP contribution in [0.5, 0.6) is 0 Å². The number of benzene rings is 2. The molecule has 0 aromatic heterocycles. The Labute approximate surface area is 119 Å². The van der Waals surface area contributed by atoms with E-state index in [2.05, 4.69) is 6.92 Å². The Morgan fingerprint density at radius 2 is 1.70 bits per heavy atom. The van der Waals surface area contributed by atoms with Gasteiger partial charge in [0, 0.05) is 0 Å². The fraction of sp³-hybridized carbons (Fsp3) is 0.333. The number of hydrogen-bond donors (Lipinski definition) is 0. The van der Waals surface area contributed by atoms with E-state index in [1.807, 2.05) is 32.0 Å². The van der Waals surface area contributed by atoms with Crippen molar-refractivity contribution in [3.05, 3.63) is 70.8 Å². The summed E-state index contributed by atoms with van der Waals surface area (Å²) in [6.45, 7) is 6.03. The standard InChI is InChI=1S/C18H20F2/c1-12(2)17-10-14(7-8-18(17)20)9-13(3)15-5-4-6-16(19)11-15/h4-8,10-13H,9H2,1-3H3. The van der Waals surface area contributed by atoms with Crippen molar-refractivity contribution in [3.8, 4) is 0 Å². The van der Waals surface area contributed by atoms with E-state index < -0.39 is 0 Å². The Balaban J connectivity index is 2.19. The highest BCUT2D eigenvalue weighted by molar-refractivity contribution is 5.30. The third-order valence-electron chi connectivity index (χ3n) is 3.64. The smallest absolute Gasteiger partial charge is 0.126 e. The number of halogens is 2. The average Bonchev–Trinajstić information content (AvgIpc) is 2.40. The zero-order chi connectivity index (χ0) is 14.7. The van der Waals surface area contributed by atoms with Crippen LogP contribution in [0.1, 0.15) is 49.3 Å². The summed E-state index contributed by atoms with van der Waals surface area (Å²) in [4.78, 5) is 0. The van der Waals surface area contributed by atoms with Crippen LogP contribution in [0.15, 0.2) is 42.5 Å². The van der Waals surface area contributed by atoms with Crippen LogP contribution in [-0.2, 0) is 6.42 Å². The predicted molar refractivity (Wildman–Crippen MR) is 79.0 cm³/mol. The molecule has 0 aliphatic rings. The Hall–Kier alpha value is -1.70. The quantitative estimate of drug-likeness (QED) is 0.697. The summed E-state index contributed by atoms with van der Waals surface area (Å²) in [6, 6.07) is 11.9. The molecule has 2 rings (SSSR count). The monoisotopic (exact) mass is 274 g/mol. The SMILES string of the molecule is CC(C)c1cc(CC(C)c2cccc(F)c2)ccc1F. The van der Waals surface area contributed by atoms with E-state index in [4.69, 9.17) is 0 Å². The van der Waals surface area contributed by atoms with Gasteiger partial charge in [-0.3, -0.25) is 0 Å². The van der Waals surface area contributed by atoms with Crippen molar-refractivity contribution < 1.29 is 8.78 Å². The van der Waals surface area contributed by atoms with Gasteiger partial charge in [-0.25, -0.2) is 8.78 Å². The number of hydrogen-bond acceptors (Lipinski definition) is 0. The van der Waals surface area contributed by atoms with E-state index >= 15 is 0 Å². The molecule has 0 nitrogen and oxygen atoms in total. The highest BCUT2D eigenvalue weighted by Gasteiger charge is 2.11. The molecule has 0 radical (unpaired) electrons. The molecule has 2 aromatic carbocycles. The molecule has 0 bridgehead atoms. The maximum Gasteiger partial charge on any atom is 0.126 e. The Bertz CT molecular complexity index is 588. The highest BCUT2D eigenvalue weighted by atomic mass is 19.1. The predicted octanol–water partition coefficient (Wildman–Crippen LogP) is 5.43. The maximum absolute atomic E-state index is 13.7. The van der Waals surface area contributed by atoms with Gasteiger partial charge in [0.25, 0.3) is 0 Å². The van der Waals surface area contributed by atoms with Crippen molar-refractivity contribution in [2.24, 2.45) is 0 Å². The van der Waals surface area contributed by atoms with Crippen molar-refractivity contribution in [1.29, 1.82) is 0 Å². The minimum atomic E-state index is -0.212. The molecule has 106 valence electrons. The van der Waals surface area contributed by atoms with Crippen molar-refractivity contribution >= 4 is 0 Å². The molecule has 0 N–H and O–H groups in total. The molecule has 0 heterocycles. The molecule has 0 spiro atoms. The molecule has 0 aliphatic carbocycles. The first-order valence-corrected chi connectivity index (χ1v) is 7.01. The van der Waals surface area contributed by atoms with E-state index in [9.17, 15) is 8.78 Å². The van der Waals surface area contributed by atoms with Crippen molar-refractivity contribution in [2.45, 2.75) is 39.0 Å². The first-order valence-electron chi connectivity index (χ1n) is 7.01. The second kappa shape index (κ2) is 6.17. The first kappa shape index (κ1) is 14.7. The van der Waals surface area contributed by atoms with E-state index in [0.717, 1.165) is 23.1 Å². The third-order valence-corrected chi connectivity index (χ3v) is 3.64. The van der Waals surface area contributed by atoms with Crippen LogP contribution >= 0.6 is 0 Å². The molecule has 1 atom stereocenters. The van der Waals surface area contributed by atoms with Crippen LogP contribution in [0.2, 0.25) is 0 Å². The van der Waals surface area contributed by atoms with Gasteiger partial charge in [0.2, 0.25) is 0 Å². The van der Waals surface area contributed by atoms with Gasteiger partial charge in [-0.15, -0.1) is 0 Å². The minimum absolute atomic E-state index is 0.151. The normalized spacial score (nSPS) is 12.7. The van der Waals surface area contributed by atoms with Gasteiger partial charge in [0.15, 0.2) is 0 Å². The molecule has 1 unspecified atom stereocenters. The van der Waals surface area contributed by atoms with E-state index in [1.165, 1.54) is 12.1 Å². The van der Waals surface area contributed by atoms with Gasteiger partial charge in [-0.2, -0.15) is 0 Å². The van der Waals surface area contributed by atoms with Gasteiger partial charge < -0.3 is 0 Å². The molecule has 0 amide bonds. The van der Waals surface area contributed by atoms with Gasteiger partial charge in [-0.1, -0.05) is 45.0 Å². The lowest BCUT2D eigenvalue weighted by molar-refractivity contribution is 0.596. The van der Waals surface area contributed by atoms with Crippen molar-refractivity contribution in [2.75, 3.05) is 0 Å². The van der Waals surface area contributed by atoms with Crippen LogP contribution in [0.3, 0.4) is 0 Å². The lowest BCUT2D eigenvalue weighted by atomic mass is 9.91. The summed E-state index contributed by atoms with van der Waals surface area (Å²) >= 11 is 0. The Morgan fingerprint density at radius 3 is 2.35 bits per heavy atom. The highest BCUT2D eigenvalue weighted by Crippen LogP contribution is 2.25. The molecule has 0 aliphatic heterocycles. The summed E-state index contributed by atoms with van der Waals surface area (Å²) in [6.07, 6.45) is 0.781. The van der Waals surface area contributed by atoms with Crippen LogP contribution in [0.25, 0.3) is 0 Å². The molecule has 20 heavy (non-hydrogen) atoms. The second-order valence-corrected chi connectivity index (χ2v) is 5.67. The lowest BCUT2D eigenvalue weighted by Crippen LogP contribution is -2.01. The second-order valence-electron chi connectivity index (χ2n) is 5.67. The third kappa shape index (κ3) is 3.44. The summed E-state index contributed by atoms with van der Waals surface area (Å²) < 4.78 is 26.9. The molecule has 0 fully saturated rings. The van der Waals surface area contributed by atoms with E-state index in [1.54, 1.807) is 12.1 Å². The van der Waals surface area contributed by atoms with Gasteiger partial charge in [0.05, 0.1) is 0 Å². The topological polar surface area (TPSA) is 0 Å². The van der Waals surface area contributed by atoms with E-state index in [-0.39, 0.29) is 23.5 Å². The van der Waals surface area contributed by atoms with Crippen LogP contribution in [0, 0.1) is 11.6 Å².